The minimum absolute atomic E-state index is 0.0265. The van der Waals surface area contributed by atoms with Gasteiger partial charge in [-0.25, -0.2) is 29.9 Å². The molecule has 8 bridgehead atoms. The molecule has 2 aliphatic heterocycles. The quantitative estimate of drug-likeness (QED) is 0.0745. The van der Waals surface area contributed by atoms with E-state index in [0.29, 0.717) is 90.0 Å². The smallest absolute Gasteiger partial charge is 0.503 e. The van der Waals surface area contributed by atoms with Gasteiger partial charge in [0.25, 0.3) is 11.8 Å². The molecule has 21 nitrogen and oxygen atoms in total. The number of aldehydes is 4. The van der Waals surface area contributed by atoms with Gasteiger partial charge in [0.2, 0.25) is 11.8 Å². The first kappa shape index (κ1) is 46.4. The summed E-state index contributed by atoms with van der Waals surface area (Å²) in [6, 6.07) is 26.9. The number of aromatic nitrogens is 8. The number of anilines is 1. The lowest BCUT2D eigenvalue weighted by Gasteiger charge is -2.45. The first-order valence-corrected chi connectivity index (χ1v) is 23.0. The number of hydrogen-bond donors (Lipinski definition) is 3. The molecule has 70 heavy (non-hydrogen) atoms. The third kappa shape index (κ3) is 8.69. The second kappa shape index (κ2) is 20.3. The van der Waals surface area contributed by atoms with E-state index in [0.717, 1.165) is 15.8 Å². The Morgan fingerprint density at radius 3 is 1.31 bits per heavy atom. The molecule has 0 saturated heterocycles. The van der Waals surface area contributed by atoms with Gasteiger partial charge in [0, 0.05) is 89.8 Å². The summed E-state index contributed by atoms with van der Waals surface area (Å²) in [6.07, 6.45) is -2.08. The molecule has 3 N–H and O–H groups in total. The van der Waals surface area contributed by atoms with E-state index >= 15 is 0 Å². The fraction of sp³-hybridized carbons (Fsp3) is 0.167. The standard InChI is InChI=1S/C48H38N12O8.Al.H2O/c61-24-8-20-36(65)57-59(38(67)22-10-26-63)60(39(68)23-11-27-64)58(37(66)21-9-25-62)35-19-7-18-34-40(35)48-55-46-33-17-6-5-16-32(33)44(53-46)51-42-29-13-2-1-12-28(29)41(49-42)50-43-30-14-3-4-15-31(30)45(52-43)54-47(34)56-48;;/h1-7,12-19,24-27H,8-11,20-23H2,(H3,49,50,51,52,53,54,55,56,57,65);;1H2/q;+2;/p-2. The van der Waals surface area contributed by atoms with Gasteiger partial charge in [-0.05, 0) is 6.07 Å². The van der Waals surface area contributed by atoms with Crippen molar-refractivity contribution in [1.29, 1.82) is 0 Å². The maximum atomic E-state index is 14.9. The van der Waals surface area contributed by atoms with Gasteiger partial charge in [0.05, 0.1) is 11.1 Å². The number of carbonyl (C=O) groups excluding carboxylic acids is 8. The molecule has 5 heterocycles. The Morgan fingerprint density at radius 2 is 0.843 bits per heavy atom. The number of H-pyrrole nitrogens is 2. The number of nitrogens with zero attached hydrogens (tertiary/aromatic N) is 10. The molecule has 0 aliphatic carbocycles. The molecule has 4 aromatic carbocycles. The number of hydrazine groups is 3. The number of nitrogens with one attached hydrogen (secondary N) is 2. The number of fused-ring (bicyclic) bond motifs is 20. The Hall–Kier alpha value is -8.71. The van der Waals surface area contributed by atoms with Crippen LogP contribution in [0.2, 0.25) is 0 Å². The molecular weight excluding hydrogens is 916 g/mol. The summed E-state index contributed by atoms with van der Waals surface area (Å²) in [5.74, 6) is -3.08. The van der Waals surface area contributed by atoms with Gasteiger partial charge < -0.3 is 37.3 Å². The summed E-state index contributed by atoms with van der Waals surface area (Å²) in [5, 5.41) is 3.69. The molecule has 0 spiro atoms. The third-order valence-electron chi connectivity index (χ3n) is 11.3. The van der Waals surface area contributed by atoms with Crippen LogP contribution in [0.5, 0.6) is 0 Å². The maximum Gasteiger partial charge on any atom is 0.635 e. The molecule has 22 heteroatoms. The molecule has 347 valence electrons. The topological polar surface area (TPSA) is 279 Å². The van der Waals surface area contributed by atoms with Crippen molar-refractivity contribution in [2.24, 2.45) is 0 Å². The van der Waals surface area contributed by atoms with E-state index in [9.17, 15) is 42.5 Å². The molecule has 2 aliphatic rings. The molecule has 0 unspecified atom stereocenters. The number of amides is 4. The van der Waals surface area contributed by atoms with Crippen LogP contribution in [0.1, 0.15) is 51.4 Å². The zero-order valence-electron chi connectivity index (χ0n) is 36.9. The number of rotatable bonds is 14. The largest absolute Gasteiger partial charge is 0.635 e. The minimum atomic E-state index is -2.20. The van der Waals surface area contributed by atoms with E-state index in [1.54, 1.807) is 18.2 Å². The van der Waals surface area contributed by atoms with E-state index in [4.69, 9.17) is 29.9 Å². The molecule has 3 aromatic heterocycles. The fourth-order valence-corrected chi connectivity index (χ4v) is 8.76. The predicted octanol–water partition coefficient (Wildman–Crippen LogP) is 4.88. The zero-order chi connectivity index (χ0) is 48.9. The molecule has 7 aromatic rings. The van der Waals surface area contributed by atoms with E-state index in [1.807, 2.05) is 60.7 Å². The summed E-state index contributed by atoms with van der Waals surface area (Å²) in [5.41, 5.74) is 3.50. The highest BCUT2D eigenvalue weighted by molar-refractivity contribution is 6.28. The van der Waals surface area contributed by atoms with Crippen LogP contribution in [0.25, 0.3) is 89.7 Å². The highest BCUT2D eigenvalue weighted by Gasteiger charge is 2.41. The summed E-state index contributed by atoms with van der Waals surface area (Å²) in [7, 11) is 0. The van der Waals surface area contributed by atoms with Crippen LogP contribution in [0.4, 0.5) is 5.69 Å². The summed E-state index contributed by atoms with van der Waals surface area (Å²) in [6.45, 7) is 0. The molecular formula is C48H38AlN12O9. The molecule has 1 radical (unpaired) electrons. The average Bonchev–Trinajstić information content (AvgIpc) is 4.12. The second-order valence-corrected chi connectivity index (χ2v) is 16.4. The van der Waals surface area contributed by atoms with Gasteiger partial charge in [-0.1, -0.05) is 84.9 Å². The van der Waals surface area contributed by atoms with Gasteiger partial charge in [0.15, 0.2) is 23.3 Å². The lowest BCUT2D eigenvalue weighted by atomic mass is 10.1. The zero-order valence-corrected chi connectivity index (χ0v) is 38.0. The van der Waals surface area contributed by atoms with E-state index < -0.39 is 77.9 Å². The lowest BCUT2D eigenvalue weighted by Crippen LogP contribution is -2.67. The monoisotopic (exact) mass is 953 g/mol. The van der Waals surface area contributed by atoms with E-state index in [1.165, 1.54) is 12.1 Å². The van der Waals surface area contributed by atoms with Gasteiger partial charge in [-0.3, -0.25) is 19.2 Å². The van der Waals surface area contributed by atoms with Crippen molar-refractivity contribution in [3.63, 3.8) is 0 Å². The van der Waals surface area contributed by atoms with Crippen molar-refractivity contribution in [1.82, 2.24) is 54.1 Å². The second-order valence-electron chi connectivity index (χ2n) is 15.7. The van der Waals surface area contributed by atoms with Crippen molar-refractivity contribution in [3.05, 3.63) is 91.0 Å². The van der Waals surface area contributed by atoms with Crippen LogP contribution < -0.4 is 5.01 Å². The van der Waals surface area contributed by atoms with Gasteiger partial charge in [-0.15, -0.1) is 5.12 Å². The van der Waals surface area contributed by atoms with Gasteiger partial charge in [-0.2, -0.15) is 10.1 Å². The van der Waals surface area contributed by atoms with Crippen molar-refractivity contribution < 1.29 is 42.5 Å². The summed E-state index contributed by atoms with van der Waals surface area (Å²) < 4.78 is 11.4. The van der Waals surface area contributed by atoms with Crippen molar-refractivity contribution >= 4 is 114 Å². The third-order valence-corrected chi connectivity index (χ3v) is 12.0. The molecule has 4 amide bonds. The first-order valence-electron chi connectivity index (χ1n) is 22.0. The predicted molar refractivity (Wildman–Crippen MR) is 253 cm³/mol. The van der Waals surface area contributed by atoms with Crippen LogP contribution in [-0.4, -0.2) is 123 Å². The van der Waals surface area contributed by atoms with Crippen LogP contribution in [-0.2, 0) is 38.4 Å². The number of carbonyl (C=O) groups is 8. The van der Waals surface area contributed by atoms with Gasteiger partial charge in [0.1, 0.15) is 47.7 Å². The van der Waals surface area contributed by atoms with Crippen LogP contribution in [0, 0.1) is 0 Å². The molecule has 0 saturated carbocycles. The van der Waals surface area contributed by atoms with Crippen molar-refractivity contribution in [2.75, 3.05) is 5.01 Å². The van der Waals surface area contributed by atoms with Crippen LogP contribution >= 0.6 is 0 Å². The number of hydrogen-bond acceptors (Lipinski definition) is 15. The number of benzene rings is 4. The van der Waals surface area contributed by atoms with Crippen molar-refractivity contribution in [3.8, 4) is 45.6 Å². The SMILES string of the molecule is O=CCCC(=O)[N]([Al][OH])N(C(=O)CCC=O)N(C(=O)CCC=O)N(C(=O)CCC=O)c1cccc2c3nc4nc(nc5[nH]c(nc6nc(nc([nH]3)c12)-c1ccccc1-6)c1ccccc51)-c1ccccc1-4. The Labute approximate surface area is 402 Å². The summed E-state index contributed by atoms with van der Waals surface area (Å²) in [4.78, 5) is 141. The molecule has 0 atom stereocenters. The number of aromatic amines is 2. The van der Waals surface area contributed by atoms with E-state index in [-0.39, 0.29) is 46.9 Å². The van der Waals surface area contributed by atoms with Gasteiger partial charge >= 0.3 is 15.8 Å². The van der Waals surface area contributed by atoms with Crippen LogP contribution in [0.15, 0.2) is 91.0 Å². The fourth-order valence-electron chi connectivity index (χ4n) is 8.18. The Morgan fingerprint density at radius 1 is 0.457 bits per heavy atom. The normalized spacial score (nSPS) is 11.3. The Balaban J connectivity index is 1.41. The Kier molecular flexibility index (Phi) is 13.4. The highest BCUT2D eigenvalue weighted by Crippen LogP contribution is 2.39. The average molecular weight is 954 g/mol. The van der Waals surface area contributed by atoms with E-state index in [2.05, 4.69) is 9.97 Å². The highest BCUT2D eigenvalue weighted by atomic mass is 27.1. The lowest BCUT2D eigenvalue weighted by molar-refractivity contribution is -0.197. The minimum Gasteiger partial charge on any atom is -0.503 e. The Bertz CT molecular complexity index is 3460. The maximum absolute atomic E-state index is 14.9. The first-order chi connectivity index (χ1) is 34.2. The summed E-state index contributed by atoms with van der Waals surface area (Å²) >= 11 is -2.20. The van der Waals surface area contributed by atoms with Crippen molar-refractivity contribution in [2.45, 2.75) is 51.4 Å². The molecule has 9 rings (SSSR count). The molecule has 0 fully saturated rings. The van der Waals surface area contributed by atoms with Crippen LogP contribution in [0.3, 0.4) is 0 Å².